The maximum Gasteiger partial charge on any atom is 0.222 e. The van der Waals surface area contributed by atoms with Crippen molar-refractivity contribution in [3.8, 4) is 0 Å². The fourth-order valence-electron chi connectivity index (χ4n) is 4.19. The molecule has 4 heteroatoms. The second-order valence-electron chi connectivity index (χ2n) is 7.14. The van der Waals surface area contributed by atoms with Crippen LogP contribution in [-0.2, 0) is 11.2 Å². The standard InChI is InChI=1S/C19H28N2O.ClH/c20-17-7-3-2-6-16(17)8-9-18(22)21-14-12-19(13-15-21)10-4-1-5-11-19;/h2-3,6-7H,1,4-5,8-15,20H2;1H. The number of aryl methyl sites for hydroxylation is 1. The van der Waals surface area contributed by atoms with E-state index < -0.39 is 0 Å². The third-order valence-corrected chi connectivity index (χ3v) is 5.75. The van der Waals surface area contributed by atoms with E-state index in [1.165, 1.54) is 44.9 Å². The Morgan fingerprint density at radius 1 is 1.04 bits per heavy atom. The van der Waals surface area contributed by atoms with Crippen LogP contribution in [0.4, 0.5) is 5.69 Å². The predicted octanol–water partition coefficient (Wildman–Crippen LogP) is 4.20. The lowest BCUT2D eigenvalue weighted by atomic mass is 9.68. The van der Waals surface area contributed by atoms with E-state index in [0.29, 0.717) is 17.7 Å². The molecule has 23 heavy (non-hydrogen) atoms. The van der Waals surface area contributed by atoms with E-state index in [0.717, 1.165) is 30.8 Å². The highest BCUT2D eigenvalue weighted by Gasteiger charge is 2.36. The Labute approximate surface area is 146 Å². The molecule has 1 aromatic carbocycles. The lowest BCUT2D eigenvalue weighted by molar-refractivity contribution is -0.133. The molecule has 0 unspecified atom stereocenters. The Bertz CT molecular complexity index is 516. The van der Waals surface area contributed by atoms with Gasteiger partial charge in [-0.05, 0) is 49.1 Å². The molecule has 1 saturated carbocycles. The summed E-state index contributed by atoms with van der Waals surface area (Å²) in [6.07, 6.45) is 10.7. The van der Waals surface area contributed by atoms with Crippen LogP contribution in [0.5, 0.6) is 0 Å². The molecular formula is C19H29ClN2O. The average molecular weight is 337 g/mol. The fourth-order valence-corrected chi connectivity index (χ4v) is 4.19. The predicted molar refractivity (Wildman–Crippen MR) is 97.8 cm³/mol. The molecule has 1 amide bonds. The number of nitrogens with zero attached hydrogens (tertiary/aromatic N) is 1. The summed E-state index contributed by atoms with van der Waals surface area (Å²) in [5, 5.41) is 0. The molecule has 1 aliphatic heterocycles. The molecule has 1 aliphatic carbocycles. The molecule has 2 fully saturated rings. The molecule has 3 nitrogen and oxygen atoms in total. The molecule has 1 aromatic rings. The molecule has 1 saturated heterocycles. The van der Waals surface area contributed by atoms with Crippen LogP contribution in [0.15, 0.2) is 24.3 Å². The summed E-state index contributed by atoms with van der Waals surface area (Å²) in [5.74, 6) is 0.300. The molecule has 2 N–H and O–H groups in total. The van der Waals surface area contributed by atoms with Gasteiger partial charge in [0.2, 0.25) is 5.91 Å². The topological polar surface area (TPSA) is 46.3 Å². The molecule has 0 aromatic heterocycles. The van der Waals surface area contributed by atoms with Crippen LogP contribution in [0.3, 0.4) is 0 Å². The number of anilines is 1. The SMILES string of the molecule is Cl.Nc1ccccc1CCC(=O)N1CCC2(CCCCC2)CC1. The minimum Gasteiger partial charge on any atom is -0.399 e. The highest BCUT2D eigenvalue weighted by molar-refractivity contribution is 5.85. The molecule has 1 heterocycles. The van der Waals surface area contributed by atoms with Gasteiger partial charge in [0.25, 0.3) is 0 Å². The van der Waals surface area contributed by atoms with Gasteiger partial charge in [-0.1, -0.05) is 37.5 Å². The van der Waals surface area contributed by atoms with Crippen molar-refractivity contribution in [1.29, 1.82) is 0 Å². The van der Waals surface area contributed by atoms with Crippen molar-refractivity contribution in [2.24, 2.45) is 5.41 Å². The number of para-hydroxylation sites is 1. The largest absolute Gasteiger partial charge is 0.399 e. The summed E-state index contributed by atoms with van der Waals surface area (Å²) in [6, 6.07) is 7.86. The van der Waals surface area contributed by atoms with Gasteiger partial charge >= 0.3 is 0 Å². The van der Waals surface area contributed by atoms with Crippen molar-refractivity contribution in [3.63, 3.8) is 0 Å². The lowest BCUT2D eigenvalue weighted by Gasteiger charge is -2.44. The number of carbonyl (C=O) groups excluding carboxylic acids is 1. The van der Waals surface area contributed by atoms with Crippen molar-refractivity contribution in [1.82, 2.24) is 4.90 Å². The maximum atomic E-state index is 12.4. The third-order valence-electron chi connectivity index (χ3n) is 5.75. The summed E-state index contributed by atoms with van der Waals surface area (Å²) < 4.78 is 0. The molecular weight excluding hydrogens is 308 g/mol. The van der Waals surface area contributed by atoms with Gasteiger partial charge in [0, 0.05) is 25.2 Å². The van der Waals surface area contributed by atoms with E-state index in [9.17, 15) is 4.79 Å². The number of likely N-dealkylation sites (tertiary alicyclic amines) is 1. The number of halogens is 1. The van der Waals surface area contributed by atoms with Crippen LogP contribution < -0.4 is 5.73 Å². The number of hydrogen-bond acceptors (Lipinski definition) is 2. The Kier molecular flexibility index (Phi) is 6.34. The number of hydrogen-bond donors (Lipinski definition) is 1. The highest BCUT2D eigenvalue weighted by Crippen LogP contribution is 2.44. The summed E-state index contributed by atoms with van der Waals surface area (Å²) in [5.41, 5.74) is 8.42. The zero-order chi connectivity index (χ0) is 15.4. The van der Waals surface area contributed by atoms with Crippen molar-refractivity contribution >= 4 is 24.0 Å². The second-order valence-corrected chi connectivity index (χ2v) is 7.14. The van der Waals surface area contributed by atoms with Gasteiger partial charge in [-0.2, -0.15) is 0 Å². The summed E-state index contributed by atoms with van der Waals surface area (Å²) in [4.78, 5) is 14.5. The molecule has 0 radical (unpaired) electrons. The smallest absolute Gasteiger partial charge is 0.222 e. The number of carbonyl (C=O) groups is 1. The van der Waals surface area contributed by atoms with Gasteiger partial charge in [-0.3, -0.25) is 4.79 Å². The Morgan fingerprint density at radius 3 is 2.35 bits per heavy atom. The lowest BCUT2D eigenvalue weighted by Crippen LogP contribution is -2.44. The van der Waals surface area contributed by atoms with Crippen LogP contribution in [0, 0.1) is 5.41 Å². The minimum absolute atomic E-state index is 0. The highest BCUT2D eigenvalue weighted by atomic mass is 35.5. The van der Waals surface area contributed by atoms with E-state index in [-0.39, 0.29) is 12.4 Å². The molecule has 2 aliphatic rings. The first-order valence-corrected chi connectivity index (χ1v) is 8.80. The molecule has 0 atom stereocenters. The maximum absolute atomic E-state index is 12.4. The van der Waals surface area contributed by atoms with E-state index >= 15 is 0 Å². The van der Waals surface area contributed by atoms with E-state index in [4.69, 9.17) is 5.73 Å². The summed E-state index contributed by atoms with van der Waals surface area (Å²) in [6.45, 7) is 1.92. The number of nitrogen functional groups attached to an aromatic ring is 1. The van der Waals surface area contributed by atoms with Crippen LogP contribution >= 0.6 is 12.4 Å². The van der Waals surface area contributed by atoms with Crippen molar-refractivity contribution in [3.05, 3.63) is 29.8 Å². The normalized spacial score (nSPS) is 20.1. The minimum atomic E-state index is 0. The van der Waals surface area contributed by atoms with Crippen LogP contribution in [0.25, 0.3) is 0 Å². The molecule has 0 bridgehead atoms. The zero-order valence-corrected chi connectivity index (χ0v) is 14.7. The first-order chi connectivity index (χ1) is 10.7. The molecule has 3 rings (SSSR count). The first kappa shape index (κ1) is 18.1. The Hall–Kier alpha value is -1.22. The van der Waals surface area contributed by atoms with Gasteiger partial charge < -0.3 is 10.6 Å². The van der Waals surface area contributed by atoms with Crippen LogP contribution in [-0.4, -0.2) is 23.9 Å². The van der Waals surface area contributed by atoms with Gasteiger partial charge in [0.05, 0.1) is 0 Å². The van der Waals surface area contributed by atoms with E-state index in [1.807, 2.05) is 24.3 Å². The van der Waals surface area contributed by atoms with Gasteiger partial charge in [0.15, 0.2) is 0 Å². The van der Waals surface area contributed by atoms with Crippen LogP contribution in [0.2, 0.25) is 0 Å². The van der Waals surface area contributed by atoms with E-state index in [2.05, 4.69) is 4.90 Å². The quantitative estimate of drug-likeness (QED) is 0.841. The molecule has 128 valence electrons. The first-order valence-electron chi connectivity index (χ1n) is 8.80. The second kappa shape index (κ2) is 8.05. The fraction of sp³-hybridized carbons (Fsp3) is 0.632. The number of rotatable bonds is 3. The number of nitrogens with two attached hydrogens (primary N) is 1. The molecule has 1 spiro atoms. The third kappa shape index (κ3) is 4.41. The van der Waals surface area contributed by atoms with Gasteiger partial charge in [0.1, 0.15) is 0 Å². The number of benzene rings is 1. The summed E-state index contributed by atoms with van der Waals surface area (Å²) >= 11 is 0. The van der Waals surface area contributed by atoms with Crippen molar-refractivity contribution < 1.29 is 4.79 Å². The van der Waals surface area contributed by atoms with Gasteiger partial charge in [-0.15, -0.1) is 12.4 Å². The number of amides is 1. The average Bonchev–Trinajstić information content (AvgIpc) is 2.55. The monoisotopic (exact) mass is 336 g/mol. The summed E-state index contributed by atoms with van der Waals surface area (Å²) in [7, 11) is 0. The zero-order valence-electron chi connectivity index (χ0n) is 13.9. The Morgan fingerprint density at radius 2 is 1.70 bits per heavy atom. The van der Waals surface area contributed by atoms with Crippen molar-refractivity contribution in [2.75, 3.05) is 18.8 Å². The van der Waals surface area contributed by atoms with Crippen molar-refractivity contribution in [2.45, 2.75) is 57.8 Å². The number of piperidine rings is 1. The van der Waals surface area contributed by atoms with Crippen LogP contribution in [0.1, 0.15) is 56.9 Å². The van der Waals surface area contributed by atoms with Gasteiger partial charge in [-0.25, -0.2) is 0 Å². The Balaban J connectivity index is 0.00000192. The van der Waals surface area contributed by atoms with E-state index in [1.54, 1.807) is 0 Å².